The topological polar surface area (TPSA) is 94.2 Å². The predicted molar refractivity (Wildman–Crippen MR) is 111 cm³/mol. The number of esters is 1. The molecule has 32 heavy (non-hydrogen) atoms. The molecular weight excluding hydrogens is 427 g/mol. The lowest BCUT2D eigenvalue weighted by Gasteiger charge is -2.20. The molecule has 1 aromatic carbocycles. The first kappa shape index (κ1) is 23.2. The molecular formula is C22H22F3N3O4. The number of pyridine rings is 1. The van der Waals surface area contributed by atoms with Gasteiger partial charge < -0.3 is 14.5 Å². The van der Waals surface area contributed by atoms with Crippen LogP contribution in [0.1, 0.15) is 61.2 Å². The van der Waals surface area contributed by atoms with Crippen molar-refractivity contribution in [1.82, 2.24) is 15.0 Å². The van der Waals surface area contributed by atoms with Crippen LogP contribution in [0.4, 0.5) is 13.2 Å². The van der Waals surface area contributed by atoms with Crippen LogP contribution >= 0.6 is 0 Å². The molecule has 10 heteroatoms. The van der Waals surface area contributed by atoms with E-state index in [1.165, 1.54) is 38.1 Å². The summed E-state index contributed by atoms with van der Waals surface area (Å²) in [6.45, 7) is 8.08. The third-order valence-corrected chi connectivity index (χ3v) is 4.35. The minimum Gasteiger partial charge on any atom is -0.486 e. The fourth-order valence-corrected chi connectivity index (χ4v) is 3.00. The Morgan fingerprint density at radius 2 is 1.72 bits per heavy atom. The van der Waals surface area contributed by atoms with Gasteiger partial charge in [-0.25, -0.2) is 14.8 Å². The van der Waals surface area contributed by atoms with Crippen molar-refractivity contribution in [3.63, 3.8) is 0 Å². The number of halogens is 3. The van der Waals surface area contributed by atoms with Crippen LogP contribution < -0.4 is 10.3 Å². The van der Waals surface area contributed by atoms with Gasteiger partial charge >= 0.3 is 12.1 Å². The number of carbonyl (C=O) groups excluding carboxylic acids is 1. The smallest absolute Gasteiger partial charge is 0.433 e. The highest BCUT2D eigenvalue weighted by Gasteiger charge is 2.38. The van der Waals surface area contributed by atoms with Gasteiger partial charge in [0.2, 0.25) is 0 Å². The monoisotopic (exact) mass is 449 g/mol. The molecule has 0 spiro atoms. The Kier molecular flexibility index (Phi) is 5.99. The summed E-state index contributed by atoms with van der Waals surface area (Å²) in [5.41, 5.74) is -2.77. The van der Waals surface area contributed by atoms with Crippen LogP contribution in [0.15, 0.2) is 35.1 Å². The zero-order valence-electron chi connectivity index (χ0n) is 18.1. The van der Waals surface area contributed by atoms with E-state index in [0.717, 1.165) is 6.07 Å². The fraction of sp³-hybridized carbons (Fsp3) is 0.364. The van der Waals surface area contributed by atoms with Gasteiger partial charge in [0.15, 0.2) is 11.3 Å². The van der Waals surface area contributed by atoms with Crippen molar-refractivity contribution in [3.8, 4) is 5.75 Å². The second-order valence-corrected chi connectivity index (χ2v) is 8.23. The number of H-pyrrole nitrogens is 1. The third kappa shape index (κ3) is 5.24. The molecule has 170 valence electrons. The first-order chi connectivity index (χ1) is 14.7. The summed E-state index contributed by atoms with van der Waals surface area (Å²) in [5.74, 6) is -0.142. The average Bonchev–Trinajstić information content (AvgIpc) is 2.65. The molecule has 1 atom stereocenters. The van der Waals surface area contributed by atoms with E-state index in [1.807, 2.05) is 0 Å². The summed E-state index contributed by atoms with van der Waals surface area (Å²) >= 11 is 0. The fourth-order valence-electron chi connectivity index (χ4n) is 3.00. The number of alkyl halides is 3. The average molecular weight is 449 g/mol. The van der Waals surface area contributed by atoms with Gasteiger partial charge in [-0.15, -0.1) is 0 Å². The Hall–Kier alpha value is -3.43. The maximum Gasteiger partial charge on any atom is 0.433 e. The van der Waals surface area contributed by atoms with Crippen molar-refractivity contribution >= 4 is 17.0 Å². The molecule has 2 heterocycles. The van der Waals surface area contributed by atoms with Crippen LogP contribution in [0.2, 0.25) is 0 Å². The highest BCUT2D eigenvalue weighted by atomic mass is 19.4. The summed E-state index contributed by atoms with van der Waals surface area (Å²) in [5, 5.41) is -0.0747. The van der Waals surface area contributed by atoms with Gasteiger partial charge in [-0.05, 0) is 65.0 Å². The Morgan fingerprint density at radius 3 is 2.28 bits per heavy atom. The van der Waals surface area contributed by atoms with E-state index in [0.29, 0.717) is 0 Å². The van der Waals surface area contributed by atoms with Crippen LogP contribution in [0.3, 0.4) is 0 Å². The van der Waals surface area contributed by atoms with Gasteiger partial charge in [0.25, 0.3) is 5.56 Å². The van der Waals surface area contributed by atoms with Crippen LogP contribution in [0.25, 0.3) is 11.0 Å². The molecule has 0 saturated heterocycles. The largest absolute Gasteiger partial charge is 0.486 e. The van der Waals surface area contributed by atoms with Crippen molar-refractivity contribution < 1.29 is 27.4 Å². The Bertz CT molecular complexity index is 1210. The minimum atomic E-state index is -4.78. The Balaban J connectivity index is 1.93. The van der Waals surface area contributed by atoms with Gasteiger partial charge in [0, 0.05) is 5.56 Å². The standard InChI is InChI=1S/C22H22F3N3O4/c1-11(31-14-8-6-13(7-9-14)20(30)32-21(3,4)5)15-10-16-18(26-12(2)27-19(16)29)28-17(15)22(23,24)25/h6-11H,1-5H3,(H,26,27,28,29)/t11-/m1/s1. The number of hydrogen-bond donors (Lipinski definition) is 1. The number of benzene rings is 1. The Morgan fingerprint density at radius 1 is 1.09 bits per heavy atom. The number of rotatable bonds is 4. The van der Waals surface area contributed by atoms with Gasteiger partial charge in [0.05, 0.1) is 10.9 Å². The van der Waals surface area contributed by atoms with Gasteiger partial charge in [-0.2, -0.15) is 13.2 Å². The van der Waals surface area contributed by atoms with E-state index in [4.69, 9.17) is 9.47 Å². The highest BCUT2D eigenvalue weighted by Crippen LogP contribution is 2.35. The summed E-state index contributed by atoms with van der Waals surface area (Å²) < 4.78 is 51.9. The van der Waals surface area contributed by atoms with E-state index in [1.54, 1.807) is 20.8 Å². The first-order valence-corrected chi connectivity index (χ1v) is 9.73. The normalized spacial score (nSPS) is 13.1. The minimum absolute atomic E-state index is 0.0747. The second kappa shape index (κ2) is 8.25. The highest BCUT2D eigenvalue weighted by molar-refractivity contribution is 5.89. The maximum absolute atomic E-state index is 13.7. The van der Waals surface area contributed by atoms with E-state index in [9.17, 15) is 22.8 Å². The molecule has 3 aromatic rings. The second-order valence-electron chi connectivity index (χ2n) is 8.23. The van der Waals surface area contributed by atoms with Crippen molar-refractivity contribution in [2.24, 2.45) is 0 Å². The lowest BCUT2D eigenvalue weighted by Crippen LogP contribution is -2.23. The van der Waals surface area contributed by atoms with Crippen molar-refractivity contribution in [3.05, 3.63) is 63.3 Å². The van der Waals surface area contributed by atoms with Crippen LogP contribution in [0, 0.1) is 6.92 Å². The van der Waals surface area contributed by atoms with Gasteiger partial charge in [-0.3, -0.25) is 4.79 Å². The molecule has 1 N–H and O–H groups in total. The number of nitrogens with one attached hydrogen (secondary N) is 1. The molecule has 0 fully saturated rings. The first-order valence-electron chi connectivity index (χ1n) is 9.73. The Labute approximate surface area is 181 Å². The number of carbonyl (C=O) groups is 1. The molecule has 2 aromatic heterocycles. The maximum atomic E-state index is 13.7. The van der Waals surface area contributed by atoms with E-state index >= 15 is 0 Å². The quantitative estimate of drug-likeness (QED) is 0.578. The van der Waals surface area contributed by atoms with E-state index in [2.05, 4.69) is 15.0 Å². The van der Waals surface area contributed by atoms with Crippen molar-refractivity contribution in [2.45, 2.75) is 52.5 Å². The van der Waals surface area contributed by atoms with Crippen molar-refractivity contribution in [2.75, 3.05) is 0 Å². The lowest BCUT2D eigenvalue weighted by molar-refractivity contribution is -0.142. The molecule has 0 bridgehead atoms. The molecule has 0 unspecified atom stereocenters. The summed E-state index contributed by atoms with van der Waals surface area (Å²) in [6, 6.07) is 6.91. The summed E-state index contributed by atoms with van der Waals surface area (Å²) in [4.78, 5) is 34.3. The number of ether oxygens (including phenoxy) is 2. The molecule has 0 saturated carbocycles. The molecule has 0 radical (unpaired) electrons. The summed E-state index contributed by atoms with van der Waals surface area (Å²) in [7, 11) is 0. The number of aromatic amines is 1. The van der Waals surface area contributed by atoms with E-state index < -0.39 is 35.1 Å². The number of nitrogens with zero attached hydrogens (tertiary/aromatic N) is 2. The number of aromatic nitrogens is 3. The van der Waals surface area contributed by atoms with E-state index in [-0.39, 0.29) is 33.7 Å². The van der Waals surface area contributed by atoms with Gasteiger partial charge in [-0.1, -0.05) is 0 Å². The molecule has 0 aliphatic carbocycles. The van der Waals surface area contributed by atoms with Crippen molar-refractivity contribution in [1.29, 1.82) is 0 Å². The van der Waals surface area contributed by atoms with Crippen LogP contribution in [-0.2, 0) is 10.9 Å². The number of hydrogen-bond acceptors (Lipinski definition) is 6. The van der Waals surface area contributed by atoms with Gasteiger partial charge in [0.1, 0.15) is 23.3 Å². The number of aryl methyl sites for hydroxylation is 1. The molecule has 0 aliphatic heterocycles. The third-order valence-electron chi connectivity index (χ3n) is 4.35. The zero-order valence-corrected chi connectivity index (χ0v) is 18.1. The molecule has 0 amide bonds. The lowest BCUT2D eigenvalue weighted by atomic mass is 10.1. The van der Waals surface area contributed by atoms with Crippen LogP contribution in [0.5, 0.6) is 5.75 Å². The summed E-state index contributed by atoms with van der Waals surface area (Å²) in [6.07, 6.45) is -5.88. The molecule has 7 nitrogen and oxygen atoms in total. The van der Waals surface area contributed by atoms with Crippen LogP contribution in [-0.4, -0.2) is 26.5 Å². The molecule has 3 rings (SSSR count). The number of fused-ring (bicyclic) bond motifs is 1. The zero-order chi connectivity index (χ0) is 23.8. The molecule has 0 aliphatic rings. The SMILES string of the molecule is Cc1nc2nc(C(F)(F)F)c([C@@H](C)Oc3ccc(C(=O)OC(C)(C)C)cc3)cc2c(=O)[nH]1. The predicted octanol–water partition coefficient (Wildman–Crippen LogP) is 4.74.